The van der Waals surface area contributed by atoms with Crippen molar-refractivity contribution in [2.45, 2.75) is 5.92 Å². The Bertz CT molecular complexity index is 1300. The Labute approximate surface area is 194 Å². The zero-order chi connectivity index (χ0) is 24.1. The first-order chi connectivity index (χ1) is 16.5. The van der Waals surface area contributed by atoms with Crippen LogP contribution in [0.4, 0.5) is 14.9 Å². The van der Waals surface area contributed by atoms with Crippen molar-refractivity contribution in [2.75, 3.05) is 18.5 Å². The van der Waals surface area contributed by atoms with Crippen LogP contribution in [-0.2, 0) is 9.53 Å². The van der Waals surface area contributed by atoms with Crippen LogP contribution in [0.2, 0.25) is 0 Å². The van der Waals surface area contributed by atoms with Crippen molar-refractivity contribution in [2.24, 2.45) is 0 Å². The molecule has 0 bridgehead atoms. The molecular formula is C26H19FN2O5. The smallest absolute Gasteiger partial charge is 0.407 e. The summed E-state index contributed by atoms with van der Waals surface area (Å²) >= 11 is 0. The number of rotatable bonds is 5. The Balaban J connectivity index is 1.30. The minimum Gasteiger partial charge on any atom is -0.478 e. The van der Waals surface area contributed by atoms with Gasteiger partial charge in [-0.05, 0) is 40.3 Å². The number of alkyl carbamates (subject to hydrolysis) is 1. The van der Waals surface area contributed by atoms with Gasteiger partial charge in [0.2, 0.25) is 0 Å². The maximum atomic E-state index is 13.7. The first-order valence-corrected chi connectivity index (χ1v) is 10.4. The van der Waals surface area contributed by atoms with E-state index in [1.54, 1.807) is 0 Å². The van der Waals surface area contributed by atoms with Crippen LogP contribution in [0, 0.1) is 17.7 Å². The molecule has 1 aliphatic rings. The highest BCUT2D eigenvalue weighted by Crippen LogP contribution is 2.44. The predicted molar refractivity (Wildman–Crippen MR) is 123 cm³/mol. The van der Waals surface area contributed by atoms with Gasteiger partial charge in [0.05, 0.1) is 12.2 Å². The second-order valence-electron chi connectivity index (χ2n) is 7.40. The Hall–Kier alpha value is -4.64. The molecule has 0 unspecified atom stereocenters. The van der Waals surface area contributed by atoms with Gasteiger partial charge in [-0.3, -0.25) is 4.79 Å². The summed E-state index contributed by atoms with van der Waals surface area (Å²) in [6.45, 7) is -0.0235. The van der Waals surface area contributed by atoms with Gasteiger partial charge in [0.25, 0.3) is 5.91 Å². The molecular weight excluding hydrogens is 439 g/mol. The Morgan fingerprint density at radius 3 is 2.24 bits per heavy atom. The maximum Gasteiger partial charge on any atom is 0.407 e. The van der Waals surface area contributed by atoms with E-state index in [4.69, 9.17) is 9.84 Å². The van der Waals surface area contributed by atoms with Crippen molar-refractivity contribution in [3.63, 3.8) is 0 Å². The van der Waals surface area contributed by atoms with Crippen LogP contribution in [0.15, 0.2) is 66.7 Å². The van der Waals surface area contributed by atoms with Gasteiger partial charge in [-0.25, -0.2) is 14.0 Å². The molecule has 0 saturated heterocycles. The third-order valence-corrected chi connectivity index (χ3v) is 5.34. The highest BCUT2D eigenvalue weighted by molar-refractivity contribution is 6.07. The van der Waals surface area contributed by atoms with E-state index in [2.05, 4.69) is 22.5 Å². The van der Waals surface area contributed by atoms with Gasteiger partial charge in [0.1, 0.15) is 18.0 Å². The standard InChI is InChI=1S/C26H19FN2O5/c27-21-11-5-12-22(24(21)25(31)32)29-23(30)13-6-14-28-26(33)34-15-20-18-9-3-1-7-16(18)17-8-2-4-10-19(17)20/h1-5,7-12,20H,14-15H2,(H,28,33)(H,29,30)(H,31,32). The van der Waals surface area contributed by atoms with Gasteiger partial charge in [-0.2, -0.15) is 0 Å². The number of carboxylic acids is 1. The first kappa shape index (κ1) is 22.6. The van der Waals surface area contributed by atoms with Crippen molar-refractivity contribution in [1.82, 2.24) is 5.32 Å². The topological polar surface area (TPSA) is 105 Å². The molecule has 0 fully saturated rings. The number of hydrogen-bond donors (Lipinski definition) is 3. The summed E-state index contributed by atoms with van der Waals surface area (Å²) in [4.78, 5) is 35.2. The van der Waals surface area contributed by atoms with Crippen molar-refractivity contribution in [3.05, 3.63) is 89.2 Å². The van der Waals surface area contributed by atoms with Gasteiger partial charge in [-0.15, -0.1) is 0 Å². The molecule has 7 nitrogen and oxygen atoms in total. The molecule has 0 saturated carbocycles. The van der Waals surface area contributed by atoms with E-state index in [1.165, 1.54) is 12.1 Å². The SMILES string of the molecule is O=C(C#CCNC(=O)OCC1c2ccccc2-c2ccccc21)Nc1cccc(F)c1C(=O)O. The van der Waals surface area contributed by atoms with Crippen molar-refractivity contribution < 1.29 is 28.6 Å². The van der Waals surface area contributed by atoms with Crippen molar-refractivity contribution >= 4 is 23.7 Å². The Kier molecular flexibility index (Phi) is 6.55. The fourth-order valence-electron chi connectivity index (χ4n) is 3.89. The molecule has 0 aliphatic heterocycles. The lowest BCUT2D eigenvalue weighted by Crippen LogP contribution is -2.26. The summed E-state index contributed by atoms with van der Waals surface area (Å²) in [6, 6.07) is 19.4. The maximum absolute atomic E-state index is 13.7. The normalized spacial score (nSPS) is 11.4. The lowest BCUT2D eigenvalue weighted by Gasteiger charge is -2.14. The fraction of sp³-hybridized carbons (Fsp3) is 0.115. The number of carbonyl (C=O) groups is 3. The largest absolute Gasteiger partial charge is 0.478 e. The van der Waals surface area contributed by atoms with Crippen LogP contribution in [0.25, 0.3) is 11.1 Å². The minimum atomic E-state index is -1.52. The number of carboxylic acid groups (broad SMARTS) is 1. The third-order valence-electron chi connectivity index (χ3n) is 5.34. The van der Waals surface area contributed by atoms with Crippen LogP contribution < -0.4 is 10.6 Å². The van der Waals surface area contributed by atoms with Crippen molar-refractivity contribution in [3.8, 4) is 23.0 Å². The zero-order valence-corrected chi connectivity index (χ0v) is 17.8. The third kappa shape index (κ3) is 4.74. The van der Waals surface area contributed by atoms with Gasteiger partial charge < -0.3 is 20.5 Å². The van der Waals surface area contributed by atoms with E-state index < -0.39 is 29.4 Å². The molecule has 3 N–H and O–H groups in total. The number of amides is 2. The molecule has 4 rings (SSSR count). The van der Waals surface area contributed by atoms with E-state index in [0.717, 1.165) is 28.3 Å². The number of hydrogen-bond acceptors (Lipinski definition) is 4. The highest BCUT2D eigenvalue weighted by atomic mass is 19.1. The molecule has 0 heterocycles. The van der Waals surface area contributed by atoms with E-state index in [0.29, 0.717) is 0 Å². The zero-order valence-electron chi connectivity index (χ0n) is 17.8. The molecule has 3 aromatic rings. The average Bonchev–Trinajstić information content (AvgIpc) is 3.14. The van der Waals surface area contributed by atoms with Gasteiger partial charge in [0.15, 0.2) is 0 Å². The van der Waals surface area contributed by atoms with Gasteiger partial charge >= 0.3 is 12.1 Å². The minimum absolute atomic E-state index is 0.0790. The molecule has 3 aromatic carbocycles. The number of aromatic carboxylic acids is 1. The Morgan fingerprint density at radius 1 is 0.941 bits per heavy atom. The number of anilines is 1. The van der Waals surface area contributed by atoms with Gasteiger partial charge in [0, 0.05) is 5.92 Å². The van der Waals surface area contributed by atoms with E-state index in [1.807, 2.05) is 48.5 Å². The molecule has 8 heteroatoms. The summed E-state index contributed by atoms with van der Waals surface area (Å²) in [5.41, 5.74) is 3.55. The second-order valence-corrected chi connectivity index (χ2v) is 7.40. The summed E-state index contributed by atoms with van der Waals surface area (Å²) < 4.78 is 19.0. The number of benzene rings is 3. The number of halogens is 1. The summed E-state index contributed by atoms with van der Waals surface area (Å²) in [7, 11) is 0. The van der Waals surface area contributed by atoms with Crippen LogP contribution in [0.5, 0.6) is 0 Å². The average molecular weight is 458 g/mol. The number of carbonyl (C=O) groups excluding carboxylic acids is 2. The number of ether oxygens (including phenoxy) is 1. The first-order valence-electron chi connectivity index (χ1n) is 10.4. The van der Waals surface area contributed by atoms with Crippen LogP contribution in [0.1, 0.15) is 27.4 Å². The van der Waals surface area contributed by atoms with Crippen LogP contribution in [0.3, 0.4) is 0 Å². The summed E-state index contributed by atoms with van der Waals surface area (Å²) in [6.07, 6.45) is -0.685. The molecule has 2 amide bonds. The molecule has 170 valence electrons. The molecule has 34 heavy (non-hydrogen) atoms. The quantitative estimate of drug-likeness (QED) is 0.502. The molecule has 0 radical (unpaired) electrons. The van der Waals surface area contributed by atoms with E-state index >= 15 is 0 Å². The van der Waals surface area contributed by atoms with E-state index in [9.17, 15) is 18.8 Å². The van der Waals surface area contributed by atoms with Crippen molar-refractivity contribution in [1.29, 1.82) is 0 Å². The van der Waals surface area contributed by atoms with Crippen LogP contribution in [-0.4, -0.2) is 36.2 Å². The molecule has 0 atom stereocenters. The molecule has 0 aromatic heterocycles. The summed E-state index contributed by atoms with van der Waals surface area (Å²) in [5.74, 6) is 1.24. The highest BCUT2D eigenvalue weighted by Gasteiger charge is 2.28. The number of nitrogens with one attached hydrogen (secondary N) is 2. The molecule has 1 aliphatic carbocycles. The fourth-order valence-corrected chi connectivity index (χ4v) is 3.89. The summed E-state index contributed by atoms with van der Waals surface area (Å²) in [5, 5.41) is 13.8. The second kappa shape index (κ2) is 9.88. The monoisotopic (exact) mass is 458 g/mol. The molecule has 0 spiro atoms. The predicted octanol–water partition coefficient (Wildman–Crippen LogP) is 4.00. The van der Waals surface area contributed by atoms with Gasteiger partial charge in [-0.1, -0.05) is 60.5 Å². The Morgan fingerprint density at radius 2 is 1.59 bits per heavy atom. The number of fused-ring (bicyclic) bond motifs is 3. The lowest BCUT2D eigenvalue weighted by atomic mass is 9.98. The lowest BCUT2D eigenvalue weighted by molar-refractivity contribution is -0.111. The van der Waals surface area contributed by atoms with Crippen LogP contribution >= 0.6 is 0 Å². The van der Waals surface area contributed by atoms with E-state index in [-0.39, 0.29) is 24.8 Å².